The molecule has 0 bridgehead atoms. The second kappa shape index (κ2) is 11.9. The van der Waals surface area contributed by atoms with E-state index in [1.165, 1.54) is 0 Å². The van der Waals surface area contributed by atoms with Crippen molar-refractivity contribution < 1.29 is 27.8 Å². The van der Waals surface area contributed by atoms with Crippen LogP contribution in [0.4, 0.5) is 13.2 Å². The molecule has 3 heterocycles. The van der Waals surface area contributed by atoms with E-state index in [9.17, 15) is 18.3 Å². The first-order valence-corrected chi connectivity index (χ1v) is 12.9. The molecule has 0 spiro atoms. The topological polar surface area (TPSA) is 69.6 Å². The van der Waals surface area contributed by atoms with Crippen LogP contribution in [0.5, 0.6) is 11.5 Å². The van der Waals surface area contributed by atoms with Gasteiger partial charge in [-0.3, -0.25) is 14.3 Å². The van der Waals surface area contributed by atoms with Crippen molar-refractivity contribution in [2.75, 3.05) is 46.3 Å². The summed E-state index contributed by atoms with van der Waals surface area (Å²) >= 11 is 0. The zero-order chi connectivity index (χ0) is 26.6. The Morgan fingerprint density at radius 3 is 2.78 bits per heavy atom. The lowest BCUT2D eigenvalue weighted by Crippen LogP contribution is -2.49. The van der Waals surface area contributed by atoms with Crippen LogP contribution in [0.15, 0.2) is 41.2 Å². The fraction of sp³-hybridized carbons (Fsp3) is 0.593. The highest BCUT2D eigenvalue weighted by molar-refractivity contribution is 5.78. The van der Waals surface area contributed by atoms with Gasteiger partial charge in [0.2, 0.25) is 6.79 Å². The number of alkyl halides is 3. The lowest BCUT2D eigenvalue weighted by Gasteiger charge is -2.43. The Morgan fingerprint density at radius 1 is 1.32 bits per heavy atom. The number of aliphatic imine (C=N–C) groups is 1. The number of ether oxygens (including phenoxy) is 2. The van der Waals surface area contributed by atoms with Gasteiger partial charge in [-0.2, -0.15) is 0 Å². The van der Waals surface area contributed by atoms with E-state index in [2.05, 4.69) is 21.8 Å². The molecule has 204 valence electrons. The lowest BCUT2D eigenvalue weighted by molar-refractivity contribution is -0.0866. The smallest absolute Gasteiger partial charge is 0.283 e. The number of likely N-dealkylation sites (tertiary alicyclic amines) is 1. The van der Waals surface area contributed by atoms with Gasteiger partial charge in [-0.05, 0) is 56.4 Å². The first kappa shape index (κ1) is 27.5. The highest BCUT2D eigenvalue weighted by atomic mass is 19.3. The third kappa shape index (κ3) is 6.48. The van der Waals surface area contributed by atoms with Crippen LogP contribution in [0, 0.1) is 0 Å². The van der Waals surface area contributed by atoms with Gasteiger partial charge >= 0.3 is 0 Å². The van der Waals surface area contributed by atoms with E-state index in [0.29, 0.717) is 30.0 Å². The van der Waals surface area contributed by atoms with Crippen LogP contribution in [0.3, 0.4) is 0 Å². The van der Waals surface area contributed by atoms with E-state index < -0.39 is 25.1 Å². The summed E-state index contributed by atoms with van der Waals surface area (Å²) in [5.41, 5.74) is 3.00. The number of aliphatic hydroxyl groups excluding tert-OH is 1. The molecule has 37 heavy (non-hydrogen) atoms. The summed E-state index contributed by atoms with van der Waals surface area (Å²) < 4.78 is 52.4. The van der Waals surface area contributed by atoms with Gasteiger partial charge in [-0.1, -0.05) is 12.7 Å². The summed E-state index contributed by atoms with van der Waals surface area (Å²) in [6.07, 6.45) is 5.62. The van der Waals surface area contributed by atoms with E-state index in [-0.39, 0.29) is 25.6 Å². The van der Waals surface area contributed by atoms with Crippen LogP contribution >= 0.6 is 0 Å². The number of hydrogen-bond acceptors (Lipinski definition) is 7. The van der Waals surface area contributed by atoms with Crippen LogP contribution in [-0.4, -0.2) is 85.4 Å². The maximum atomic E-state index is 14.4. The summed E-state index contributed by atoms with van der Waals surface area (Å²) in [6, 6.07) is 3.10. The highest BCUT2D eigenvalue weighted by Gasteiger charge is 2.41. The lowest BCUT2D eigenvalue weighted by atomic mass is 9.86. The third-order valence-electron chi connectivity index (χ3n) is 7.23. The fourth-order valence-corrected chi connectivity index (χ4v) is 5.33. The molecule has 0 aromatic heterocycles. The predicted molar refractivity (Wildman–Crippen MR) is 137 cm³/mol. The van der Waals surface area contributed by atoms with E-state index in [1.54, 1.807) is 11.1 Å². The molecule has 1 fully saturated rings. The van der Waals surface area contributed by atoms with E-state index in [4.69, 9.17) is 9.47 Å². The van der Waals surface area contributed by atoms with Gasteiger partial charge in [0.1, 0.15) is 6.61 Å². The van der Waals surface area contributed by atoms with Crippen LogP contribution in [0.25, 0.3) is 0 Å². The summed E-state index contributed by atoms with van der Waals surface area (Å²) in [6.45, 7) is 8.41. The minimum Gasteiger partial charge on any atom is -0.454 e. The van der Waals surface area contributed by atoms with Crippen molar-refractivity contribution in [3.05, 3.63) is 47.3 Å². The van der Waals surface area contributed by atoms with Gasteiger partial charge in [0.15, 0.2) is 11.5 Å². The number of fused-ring (bicyclic) bond motifs is 2. The molecular formula is C27H37F3N4O3. The van der Waals surface area contributed by atoms with Gasteiger partial charge in [0.05, 0.1) is 25.0 Å². The zero-order valence-electron chi connectivity index (χ0n) is 21.6. The Hall–Kier alpha value is -2.56. The van der Waals surface area contributed by atoms with Crippen molar-refractivity contribution in [3.63, 3.8) is 0 Å². The summed E-state index contributed by atoms with van der Waals surface area (Å²) in [7, 11) is 0. The van der Waals surface area contributed by atoms with Crippen molar-refractivity contribution in [3.8, 4) is 11.5 Å². The number of nitrogens with one attached hydrogen (secondary N) is 1. The molecule has 0 radical (unpaired) electrons. The Labute approximate surface area is 216 Å². The van der Waals surface area contributed by atoms with Crippen molar-refractivity contribution in [2.24, 2.45) is 4.99 Å². The second-order valence-corrected chi connectivity index (χ2v) is 10.0. The number of hydrogen-bond donors (Lipinski definition) is 2. The zero-order valence-corrected chi connectivity index (χ0v) is 21.6. The molecule has 3 atom stereocenters. The van der Waals surface area contributed by atoms with Crippen molar-refractivity contribution in [1.29, 1.82) is 0 Å². The molecule has 7 nitrogen and oxygen atoms in total. The van der Waals surface area contributed by atoms with Crippen molar-refractivity contribution in [2.45, 2.75) is 57.2 Å². The van der Waals surface area contributed by atoms with Gasteiger partial charge in [0, 0.05) is 43.6 Å². The number of benzene rings is 1. The third-order valence-corrected chi connectivity index (χ3v) is 7.23. The second-order valence-electron chi connectivity index (χ2n) is 10.0. The number of allylic oxidation sites excluding steroid dienone is 2. The Kier molecular flexibility index (Phi) is 8.82. The van der Waals surface area contributed by atoms with Crippen LogP contribution in [0.2, 0.25) is 0 Å². The maximum absolute atomic E-state index is 14.4. The van der Waals surface area contributed by atoms with Gasteiger partial charge in [-0.25, -0.2) is 8.78 Å². The SMILES string of the molecule is C=C(N=C/C(=C\C)N[C@H]1CCN(CCCF)C1)[C@@H]1c2cc3c(cc2C[C@@H](C)N1CC(F)(F)CO)OCO3. The van der Waals surface area contributed by atoms with Gasteiger partial charge < -0.3 is 24.8 Å². The summed E-state index contributed by atoms with van der Waals surface area (Å²) in [5.74, 6) is -2.06. The first-order valence-electron chi connectivity index (χ1n) is 12.9. The Morgan fingerprint density at radius 2 is 2.08 bits per heavy atom. The quantitative estimate of drug-likeness (QED) is 0.431. The van der Waals surface area contributed by atoms with Crippen molar-refractivity contribution >= 4 is 6.21 Å². The van der Waals surface area contributed by atoms with E-state index >= 15 is 0 Å². The molecule has 0 aliphatic carbocycles. The normalized spacial score (nSPS) is 24.6. The average molecular weight is 523 g/mol. The minimum absolute atomic E-state index is 0.118. The highest BCUT2D eigenvalue weighted by Crippen LogP contribution is 2.45. The van der Waals surface area contributed by atoms with Gasteiger partial charge in [-0.15, -0.1) is 0 Å². The summed E-state index contributed by atoms with van der Waals surface area (Å²) in [4.78, 5) is 8.52. The fourth-order valence-electron chi connectivity index (χ4n) is 5.33. The number of aliphatic hydroxyl groups is 1. The standard InChI is InChI=1S/C27H37F3N4O3/c1-4-21(32-22-6-9-33(14-22)8-5-7-28)13-31-19(3)26-23-12-25-24(36-17-37-25)11-20(23)10-18(2)34(26)15-27(29,30)16-35/h4,11-13,18,22,26,32,35H,3,5-10,14-17H2,1-2H3/b21-4+,31-13?/t18-,22+,26-/m1/s1. The molecule has 4 rings (SSSR count). The van der Waals surface area contributed by atoms with Crippen LogP contribution < -0.4 is 14.8 Å². The Balaban J connectivity index is 1.54. The molecule has 0 unspecified atom stereocenters. The van der Waals surface area contributed by atoms with Crippen LogP contribution in [0.1, 0.15) is 43.9 Å². The largest absolute Gasteiger partial charge is 0.454 e. The number of halogens is 3. The van der Waals surface area contributed by atoms with Crippen molar-refractivity contribution in [1.82, 2.24) is 15.1 Å². The average Bonchev–Trinajstić information content (AvgIpc) is 3.53. The number of nitrogens with zero attached hydrogens (tertiary/aromatic N) is 3. The monoisotopic (exact) mass is 522 g/mol. The molecule has 10 heteroatoms. The summed E-state index contributed by atoms with van der Waals surface area (Å²) in [5, 5.41) is 12.7. The molecule has 3 aliphatic rings. The molecule has 1 aromatic rings. The molecule has 1 aromatic carbocycles. The first-order chi connectivity index (χ1) is 17.7. The molecule has 3 aliphatic heterocycles. The molecule has 0 amide bonds. The molecule has 1 saturated heterocycles. The molecule has 0 saturated carbocycles. The molecular weight excluding hydrogens is 485 g/mol. The Bertz CT molecular complexity index is 1030. The maximum Gasteiger partial charge on any atom is 0.283 e. The van der Waals surface area contributed by atoms with E-state index in [0.717, 1.165) is 42.9 Å². The minimum atomic E-state index is -3.27. The predicted octanol–water partition coefficient (Wildman–Crippen LogP) is 3.84. The number of rotatable bonds is 11. The van der Waals surface area contributed by atoms with E-state index in [1.807, 2.05) is 32.1 Å². The van der Waals surface area contributed by atoms with Gasteiger partial charge in [0.25, 0.3) is 5.92 Å². The van der Waals surface area contributed by atoms with Crippen LogP contribution in [-0.2, 0) is 6.42 Å². The molecule has 2 N–H and O–H groups in total.